The van der Waals surface area contributed by atoms with Gasteiger partial charge in [-0.2, -0.15) is 0 Å². The molecule has 41 heavy (non-hydrogen) atoms. The van der Waals surface area contributed by atoms with Gasteiger partial charge in [-0.05, 0) is 0 Å². The minimum atomic E-state index is -1.68. The molecule has 19 nitrogen and oxygen atoms in total. The molecule has 2 unspecified atom stereocenters. The third kappa shape index (κ3) is 15.0. The number of hydrogen-bond donors (Lipinski definition) is 10. The molecule has 0 saturated carbocycles. The molecule has 1 aliphatic heterocycles. The second kappa shape index (κ2) is 18.4. The highest BCUT2D eigenvalue weighted by atomic mass is 16.6. The third-order valence-electron chi connectivity index (χ3n) is 5.92. The van der Waals surface area contributed by atoms with E-state index in [1.165, 1.54) is 9.80 Å². The van der Waals surface area contributed by atoms with Crippen LogP contribution in [0.5, 0.6) is 0 Å². The van der Waals surface area contributed by atoms with Gasteiger partial charge in [-0.1, -0.05) is 0 Å². The SMILES string of the molecule is O=C(O)CN(CCN(CC(=O)O)CC(=O)O)CCN(CC(=O)O)CC(=O)NCCNCC1O[C@@H](O)C(O)[C@@H](O)[C@@H]1O. The van der Waals surface area contributed by atoms with Gasteiger partial charge in [0.15, 0.2) is 6.29 Å². The van der Waals surface area contributed by atoms with Crippen molar-refractivity contribution in [1.82, 2.24) is 25.3 Å². The molecule has 19 heteroatoms. The Labute approximate surface area is 234 Å². The first kappa shape index (κ1) is 36.0. The number of aliphatic hydroxyl groups is 4. The lowest BCUT2D eigenvalue weighted by Gasteiger charge is -2.38. The molecule has 1 fully saturated rings. The van der Waals surface area contributed by atoms with E-state index < -0.39 is 86.7 Å². The number of nitrogens with one attached hydrogen (secondary N) is 2. The highest BCUT2D eigenvalue weighted by molar-refractivity contribution is 5.79. The number of aliphatic hydroxyl groups excluding tert-OH is 4. The normalized spacial score (nSPS) is 22.7. The van der Waals surface area contributed by atoms with Crippen molar-refractivity contribution in [2.75, 3.05) is 78.5 Å². The summed E-state index contributed by atoms with van der Waals surface area (Å²) in [5.41, 5.74) is 0. The van der Waals surface area contributed by atoms with Crippen LogP contribution in [0.25, 0.3) is 0 Å². The Morgan fingerprint density at radius 1 is 0.585 bits per heavy atom. The number of amides is 1. The highest BCUT2D eigenvalue weighted by Crippen LogP contribution is 2.19. The average molecular weight is 598 g/mol. The smallest absolute Gasteiger partial charge is 0.317 e. The Hall–Kier alpha value is -3.01. The summed E-state index contributed by atoms with van der Waals surface area (Å²) in [7, 11) is 0. The zero-order valence-electron chi connectivity index (χ0n) is 22.2. The van der Waals surface area contributed by atoms with Gasteiger partial charge >= 0.3 is 23.9 Å². The quantitative estimate of drug-likeness (QED) is 0.0550. The molecule has 1 amide bonds. The molecular weight excluding hydrogens is 558 g/mol. The van der Waals surface area contributed by atoms with E-state index in [0.29, 0.717) is 0 Å². The lowest BCUT2D eigenvalue weighted by molar-refractivity contribution is -0.280. The molecule has 1 aliphatic rings. The minimum absolute atomic E-state index is 0.0154. The number of aliphatic carboxylic acids is 4. The summed E-state index contributed by atoms with van der Waals surface area (Å²) in [5, 5.41) is 80.3. The van der Waals surface area contributed by atoms with E-state index in [9.17, 15) is 54.6 Å². The van der Waals surface area contributed by atoms with Crippen molar-refractivity contribution in [1.29, 1.82) is 0 Å². The molecule has 10 N–H and O–H groups in total. The Kier molecular flexibility index (Phi) is 16.2. The number of carboxylic acid groups (broad SMARTS) is 4. The predicted octanol–water partition coefficient (Wildman–Crippen LogP) is -6.26. The van der Waals surface area contributed by atoms with Gasteiger partial charge in [-0.25, -0.2) is 0 Å². The van der Waals surface area contributed by atoms with Crippen LogP contribution in [0.1, 0.15) is 0 Å². The molecule has 5 atom stereocenters. The summed E-state index contributed by atoms with van der Waals surface area (Å²) >= 11 is 0. The van der Waals surface area contributed by atoms with Crippen molar-refractivity contribution in [3.63, 3.8) is 0 Å². The summed E-state index contributed by atoms with van der Waals surface area (Å²) in [6.45, 7) is -2.48. The molecule has 1 rings (SSSR count). The predicted molar refractivity (Wildman–Crippen MR) is 135 cm³/mol. The van der Waals surface area contributed by atoms with E-state index in [0.717, 1.165) is 4.90 Å². The number of nitrogens with zero attached hydrogens (tertiary/aromatic N) is 3. The van der Waals surface area contributed by atoms with Crippen LogP contribution in [0.4, 0.5) is 0 Å². The van der Waals surface area contributed by atoms with Gasteiger partial charge in [-0.15, -0.1) is 0 Å². The molecule has 236 valence electrons. The van der Waals surface area contributed by atoms with Gasteiger partial charge < -0.3 is 56.2 Å². The lowest BCUT2D eigenvalue weighted by Crippen LogP contribution is -2.59. The molecule has 0 bridgehead atoms. The van der Waals surface area contributed by atoms with E-state index in [4.69, 9.17) is 14.9 Å². The third-order valence-corrected chi connectivity index (χ3v) is 5.92. The fourth-order valence-corrected chi connectivity index (χ4v) is 3.92. The number of hydrogen-bond acceptors (Lipinski definition) is 14. The van der Waals surface area contributed by atoms with Crippen LogP contribution in [0.15, 0.2) is 0 Å². The second-order valence-corrected chi connectivity index (χ2v) is 9.36. The van der Waals surface area contributed by atoms with Gasteiger partial charge in [0.1, 0.15) is 24.4 Å². The molecule has 0 aromatic carbocycles. The molecule has 0 aromatic rings. The Balaban J connectivity index is 2.55. The molecule has 1 heterocycles. The van der Waals surface area contributed by atoms with E-state index in [1.54, 1.807) is 0 Å². The van der Waals surface area contributed by atoms with Crippen molar-refractivity contribution >= 4 is 29.8 Å². The van der Waals surface area contributed by atoms with Crippen molar-refractivity contribution in [2.45, 2.75) is 30.7 Å². The molecule has 0 aliphatic carbocycles. The van der Waals surface area contributed by atoms with Gasteiger partial charge in [0.05, 0.1) is 32.7 Å². The van der Waals surface area contributed by atoms with Crippen molar-refractivity contribution in [3.05, 3.63) is 0 Å². The second-order valence-electron chi connectivity index (χ2n) is 9.36. The van der Waals surface area contributed by atoms with Gasteiger partial charge in [0.25, 0.3) is 0 Å². The zero-order valence-corrected chi connectivity index (χ0v) is 22.2. The van der Waals surface area contributed by atoms with Gasteiger partial charge in [-0.3, -0.25) is 38.7 Å². The van der Waals surface area contributed by atoms with Gasteiger partial charge in [0.2, 0.25) is 5.91 Å². The number of carbonyl (C=O) groups excluding carboxylic acids is 1. The number of carboxylic acids is 4. The fourth-order valence-electron chi connectivity index (χ4n) is 3.92. The number of rotatable bonds is 21. The largest absolute Gasteiger partial charge is 0.480 e. The first-order valence-corrected chi connectivity index (χ1v) is 12.6. The van der Waals surface area contributed by atoms with E-state index in [2.05, 4.69) is 10.6 Å². The maximum atomic E-state index is 12.4. The van der Waals surface area contributed by atoms with Crippen LogP contribution in [0, 0.1) is 0 Å². The summed E-state index contributed by atoms with van der Waals surface area (Å²) < 4.78 is 5.02. The standard InChI is InChI=1S/C22H39N5O14/c28-14(24-2-1-23-7-13-19(37)20(38)21(39)22(40)41-13)8-26(10-16(31)32)5-3-25(9-15(29)30)4-6-27(11-17(33)34)12-18(35)36/h13,19-23,37-40H,1-12H2,(H,24,28)(H,29,30)(H,31,32)(H,33,34)(H,35,36)/t13?,19-,20+,21?,22-/m1/s1. The molecular formula is C22H39N5O14. The summed E-state index contributed by atoms with van der Waals surface area (Å²) in [6, 6.07) is 0. The van der Waals surface area contributed by atoms with Crippen LogP contribution in [0.2, 0.25) is 0 Å². The molecule has 0 spiro atoms. The van der Waals surface area contributed by atoms with E-state index in [-0.39, 0.29) is 52.4 Å². The van der Waals surface area contributed by atoms with Crippen LogP contribution >= 0.6 is 0 Å². The molecule has 0 radical (unpaired) electrons. The van der Waals surface area contributed by atoms with Crippen LogP contribution in [-0.2, 0) is 28.7 Å². The Bertz CT molecular complexity index is 864. The topological polar surface area (TPSA) is 290 Å². The number of ether oxygens (including phenoxy) is 1. The summed E-state index contributed by atoms with van der Waals surface area (Å²) in [4.78, 5) is 60.6. The fraction of sp³-hybridized carbons (Fsp3) is 0.773. The Morgan fingerprint density at radius 3 is 1.51 bits per heavy atom. The molecule has 1 saturated heterocycles. The first-order valence-electron chi connectivity index (χ1n) is 12.6. The molecule has 0 aromatic heterocycles. The van der Waals surface area contributed by atoms with Crippen molar-refractivity contribution in [3.8, 4) is 0 Å². The highest BCUT2D eigenvalue weighted by Gasteiger charge is 2.42. The Morgan fingerprint density at radius 2 is 1.02 bits per heavy atom. The minimum Gasteiger partial charge on any atom is -0.480 e. The van der Waals surface area contributed by atoms with Crippen LogP contribution < -0.4 is 10.6 Å². The van der Waals surface area contributed by atoms with Crippen molar-refractivity contribution in [2.24, 2.45) is 0 Å². The maximum absolute atomic E-state index is 12.4. The lowest BCUT2D eigenvalue weighted by atomic mass is 9.99. The monoisotopic (exact) mass is 597 g/mol. The van der Waals surface area contributed by atoms with E-state index >= 15 is 0 Å². The van der Waals surface area contributed by atoms with Crippen LogP contribution in [-0.4, -0.2) is 195 Å². The zero-order chi connectivity index (χ0) is 31.1. The number of carbonyl (C=O) groups is 5. The van der Waals surface area contributed by atoms with Crippen LogP contribution in [0.3, 0.4) is 0 Å². The van der Waals surface area contributed by atoms with Crippen molar-refractivity contribution < 1.29 is 69.6 Å². The summed E-state index contributed by atoms with van der Waals surface area (Å²) in [5.74, 6) is -5.52. The van der Waals surface area contributed by atoms with Gasteiger partial charge in [0, 0.05) is 45.8 Å². The maximum Gasteiger partial charge on any atom is 0.317 e. The van der Waals surface area contributed by atoms with E-state index in [1.807, 2.05) is 0 Å². The summed E-state index contributed by atoms with van der Waals surface area (Å²) in [6.07, 6.45) is -7.43. The first-order chi connectivity index (χ1) is 19.2. The average Bonchev–Trinajstić information content (AvgIpc) is 2.85.